The monoisotopic (exact) mass is 325 g/mol. The summed E-state index contributed by atoms with van der Waals surface area (Å²) in [6.07, 6.45) is 0. The largest absolute Gasteiger partial charge is 0.525 e. The van der Waals surface area contributed by atoms with Crippen LogP contribution in [0.2, 0.25) is 0 Å². The van der Waals surface area contributed by atoms with Gasteiger partial charge >= 0.3 is 7.12 Å². The van der Waals surface area contributed by atoms with Crippen LogP contribution >= 0.6 is 0 Å². The molecule has 1 fully saturated rings. The van der Waals surface area contributed by atoms with Crippen LogP contribution in [0.3, 0.4) is 0 Å². The third kappa shape index (κ3) is 2.71. The van der Waals surface area contributed by atoms with Gasteiger partial charge in [0.2, 0.25) is 0 Å². The number of benzene rings is 1. The van der Waals surface area contributed by atoms with Crippen molar-refractivity contribution in [2.45, 2.75) is 45.4 Å². The van der Waals surface area contributed by atoms with Crippen LogP contribution in [0, 0.1) is 11.6 Å². The molecule has 0 aliphatic carbocycles. The lowest BCUT2D eigenvalue weighted by atomic mass is 9.80. The zero-order chi connectivity index (χ0) is 17.0. The maximum Gasteiger partial charge on any atom is 0.525 e. The minimum absolute atomic E-state index is 0.159. The minimum Gasteiger partial charge on any atom is -0.398 e. The molecule has 0 amide bonds. The SMILES string of the molecule is CC1(C)OB(C(F)=C2CNCc3c(F)cc(F)cc32)OC1(C)C. The molecular formula is C16H19BF3NO2. The number of rotatable bonds is 1. The van der Waals surface area contributed by atoms with Gasteiger partial charge in [0, 0.05) is 30.3 Å². The van der Waals surface area contributed by atoms with Crippen LogP contribution in [0.15, 0.2) is 17.9 Å². The summed E-state index contributed by atoms with van der Waals surface area (Å²) in [4.78, 5) is 0. The second kappa shape index (κ2) is 5.36. The van der Waals surface area contributed by atoms with E-state index in [0.29, 0.717) is 0 Å². The molecule has 0 atom stereocenters. The number of fused-ring (bicyclic) bond motifs is 1. The summed E-state index contributed by atoms with van der Waals surface area (Å²) in [5, 5.41) is 2.93. The highest BCUT2D eigenvalue weighted by molar-refractivity contribution is 6.55. The number of hydrogen-bond donors (Lipinski definition) is 1. The summed E-state index contributed by atoms with van der Waals surface area (Å²) in [6.45, 7) is 7.65. The Kier molecular flexibility index (Phi) is 3.86. The zero-order valence-corrected chi connectivity index (χ0v) is 13.6. The van der Waals surface area contributed by atoms with Crippen LogP contribution in [-0.4, -0.2) is 24.9 Å². The van der Waals surface area contributed by atoms with Crippen molar-refractivity contribution in [2.75, 3.05) is 6.54 Å². The topological polar surface area (TPSA) is 30.5 Å². The van der Waals surface area contributed by atoms with E-state index in [0.717, 1.165) is 12.1 Å². The standard InChI is InChI=1S/C16H19BF3NO2/c1-15(2)16(3,4)23-17(22-15)14(20)12-8-21-7-11-10(12)5-9(18)6-13(11)19/h5-6,21H,7-8H2,1-4H3. The van der Waals surface area contributed by atoms with Crippen molar-refractivity contribution in [3.05, 3.63) is 40.6 Å². The lowest BCUT2D eigenvalue weighted by molar-refractivity contribution is 0.00578. The van der Waals surface area contributed by atoms with Crippen molar-refractivity contribution in [1.82, 2.24) is 5.32 Å². The number of hydrogen-bond acceptors (Lipinski definition) is 3. The molecule has 1 saturated heterocycles. The lowest BCUT2D eigenvalue weighted by Crippen LogP contribution is -2.41. The van der Waals surface area contributed by atoms with Crippen molar-refractivity contribution in [3.63, 3.8) is 0 Å². The van der Waals surface area contributed by atoms with Gasteiger partial charge in [0.25, 0.3) is 0 Å². The molecule has 2 aliphatic rings. The van der Waals surface area contributed by atoms with Crippen LogP contribution in [0.5, 0.6) is 0 Å². The number of nitrogens with one attached hydrogen (secondary N) is 1. The molecule has 0 saturated carbocycles. The van der Waals surface area contributed by atoms with E-state index < -0.39 is 35.7 Å². The summed E-state index contributed by atoms with van der Waals surface area (Å²) in [6, 6.07) is 1.95. The van der Waals surface area contributed by atoms with Gasteiger partial charge in [-0.2, -0.15) is 0 Å². The van der Waals surface area contributed by atoms with E-state index in [1.807, 2.05) is 27.7 Å². The van der Waals surface area contributed by atoms with Gasteiger partial charge in [0.15, 0.2) is 0 Å². The van der Waals surface area contributed by atoms with Gasteiger partial charge in [-0.15, -0.1) is 0 Å². The summed E-state index contributed by atoms with van der Waals surface area (Å²) in [7, 11) is -1.19. The van der Waals surface area contributed by atoms with Gasteiger partial charge in [0.05, 0.1) is 11.2 Å². The van der Waals surface area contributed by atoms with Gasteiger partial charge in [-0.3, -0.25) is 0 Å². The van der Waals surface area contributed by atoms with Crippen molar-refractivity contribution in [1.29, 1.82) is 0 Å². The maximum absolute atomic E-state index is 15.0. The molecule has 0 bridgehead atoms. The molecule has 2 aliphatic heterocycles. The van der Waals surface area contributed by atoms with E-state index >= 15 is 0 Å². The summed E-state index contributed by atoms with van der Waals surface area (Å²) in [5.41, 5.74) is -1.38. The Balaban J connectivity index is 2.04. The minimum atomic E-state index is -1.19. The van der Waals surface area contributed by atoms with Gasteiger partial charge in [0.1, 0.15) is 17.4 Å². The molecule has 1 aromatic rings. The zero-order valence-electron chi connectivity index (χ0n) is 13.6. The fraction of sp³-hybridized carbons (Fsp3) is 0.500. The number of halogens is 3. The molecule has 124 valence electrons. The van der Waals surface area contributed by atoms with Gasteiger partial charge in [-0.25, -0.2) is 13.2 Å². The molecule has 3 rings (SSSR count). The molecular weight excluding hydrogens is 306 g/mol. The van der Waals surface area contributed by atoms with Gasteiger partial charge in [-0.1, -0.05) is 0 Å². The molecule has 23 heavy (non-hydrogen) atoms. The highest BCUT2D eigenvalue weighted by Crippen LogP contribution is 2.41. The van der Waals surface area contributed by atoms with E-state index in [9.17, 15) is 13.2 Å². The van der Waals surface area contributed by atoms with Gasteiger partial charge in [-0.05, 0) is 39.3 Å². The maximum atomic E-state index is 15.0. The first-order valence-electron chi connectivity index (χ1n) is 7.55. The quantitative estimate of drug-likeness (QED) is 0.803. The van der Waals surface area contributed by atoms with Crippen molar-refractivity contribution in [2.24, 2.45) is 0 Å². The second-order valence-electron chi connectivity index (χ2n) is 6.93. The normalized spacial score (nSPS) is 24.6. The van der Waals surface area contributed by atoms with E-state index in [1.165, 1.54) is 0 Å². The molecule has 2 heterocycles. The fourth-order valence-corrected chi connectivity index (χ4v) is 2.76. The Hall–Kier alpha value is -1.31. The van der Waals surface area contributed by atoms with Crippen molar-refractivity contribution in [3.8, 4) is 0 Å². The first-order chi connectivity index (χ1) is 10.6. The second-order valence-corrected chi connectivity index (χ2v) is 6.93. The fourth-order valence-electron chi connectivity index (χ4n) is 2.76. The average Bonchev–Trinajstić information content (AvgIpc) is 2.66. The van der Waals surface area contributed by atoms with Crippen LogP contribution in [0.1, 0.15) is 38.8 Å². The van der Waals surface area contributed by atoms with Crippen LogP contribution in [0.25, 0.3) is 5.57 Å². The predicted molar refractivity (Wildman–Crippen MR) is 82.2 cm³/mol. The highest BCUT2D eigenvalue weighted by atomic mass is 19.1. The first kappa shape index (κ1) is 16.5. The lowest BCUT2D eigenvalue weighted by Gasteiger charge is -2.32. The summed E-state index contributed by atoms with van der Waals surface area (Å²) in [5.74, 6) is -1.42. The highest BCUT2D eigenvalue weighted by Gasteiger charge is 2.53. The van der Waals surface area contributed by atoms with Crippen molar-refractivity contribution < 1.29 is 22.5 Å². The van der Waals surface area contributed by atoms with Crippen molar-refractivity contribution >= 4 is 12.7 Å². The third-order valence-electron chi connectivity index (χ3n) is 4.84. The molecule has 7 heteroatoms. The predicted octanol–water partition coefficient (Wildman–Crippen LogP) is 3.38. The first-order valence-corrected chi connectivity index (χ1v) is 7.55. The molecule has 3 nitrogen and oxygen atoms in total. The van der Waals surface area contributed by atoms with E-state index in [4.69, 9.17) is 9.31 Å². The molecule has 1 N–H and O–H groups in total. The Labute approximate surface area is 134 Å². The Morgan fingerprint density at radius 1 is 1.09 bits per heavy atom. The molecule has 0 spiro atoms. The third-order valence-corrected chi connectivity index (χ3v) is 4.84. The average molecular weight is 325 g/mol. The summed E-state index contributed by atoms with van der Waals surface area (Å²) >= 11 is 0. The molecule has 0 unspecified atom stereocenters. The summed E-state index contributed by atoms with van der Waals surface area (Å²) < 4.78 is 53.8. The van der Waals surface area contributed by atoms with Crippen LogP contribution in [-0.2, 0) is 15.9 Å². The van der Waals surface area contributed by atoms with E-state index in [1.54, 1.807) is 0 Å². The Morgan fingerprint density at radius 3 is 2.30 bits per heavy atom. The van der Waals surface area contributed by atoms with E-state index in [2.05, 4.69) is 5.32 Å². The Morgan fingerprint density at radius 2 is 1.70 bits per heavy atom. The van der Waals surface area contributed by atoms with Crippen LogP contribution < -0.4 is 5.32 Å². The van der Waals surface area contributed by atoms with Gasteiger partial charge < -0.3 is 14.6 Å². The molecule has 1 aromatic carbocycles. The molecule has 0 radical (unpaired) electrons. The Bertz CT molecular complexity index is 672. The van der Waals surface area contributed by atoms with Crippen LogP contribution in [0.4, 0.5) is 13.2 Å². The smallest absolute Gasteiger partial charge is 0.398 e. The van der Waals surface area contributed by atoms with E-state index in [-0.39, 0.29) is 29.8 Å². The molecule has 0 aromatic heterocycles.